The van der Waals surface area contributed by atoms with Gasteiger partial charge in [-0.15, -0.1) is 0 Å². The van der Waals surface area contributed by atoms with Crippen molar-refractivity contribution in [3.8, 4) is 0 Å². The van der Waals surface area contributed by atoms with E-state index in [2.05, 4.69) is 16.3 Å². The minimum Gasteiger partial charge on any atom is -0.466 e. The molecule has 0 saturated carbocycles. The van der Waals surface area contributed by atoms with Gasteiger partial charge in [-0.25, -0.2) is 14.2 Å². The third-order valence-electron chi connectivity index (χ3n) is 3.09. The molecule has 0 saturated heterocycles. The molecule has 0 aliphatic carbocycles. The van der Waals surface area contributed by atoms with Crippen LogP contribution in [0.3, 0.4) is 0 Å². The van der Waals surface area contributed by atoms with E-state index in [1.54, 1.807) is 0 Å². The summed E-state index contributed by atoms with van der Waals surface area (Å²) in [5.41, 5.74) is 0.558. The molecule has 1 unspecified atom stereocenters. The van der Waals surface area contributed by atoms with Gasteiger partial charge in [0, 0.05) is 17.9 Å². The van der Waals surface area contributed by atoms with E-state index in [-0.39, 0.29) is 16.3 Å². The van der Waals surface area contributed by atoms with Crippen LogP contribution in [0.2, 0.25) is 5.15 Å². The molecule has 0 aliphatic rings. The Balaban J connectivity index is 2.59. The Morgan fingerprint density at radius 3 is 2.65 bits per heavy atom. The van der Waals surface area contributed by atoms with Gasteiger partial charge in [0.1, 0.15) is 11.0 Å². The molecule has 5 nitrogen and oxygen atoms in total. The number of ether oxygens (including phenoxy) is 2. The summed E-state index contributed by atoms with van der Waals surface area (Å²) >= 11 is 6.12. The summed E-state index contributed by atoms with van der Waals surface area (Å²) in [5, 5.41) is 0.458. The zero-order valence-corrected chi connectivity index (χ0v) is 13.2. The second-order valence-electron chi connectivity index (χ2n) is 4.71. The highest BCUT2D eigenvalue weighted by molar-refractivity contribution is 6.30. The highest BCUT2D eigenvalue weighted by Gasteiger charge is 2.27. The fourth-order valence-corrected chi connectivity index (χ4v) is 2.30. The molecule has 0 fully saturated rings. The molecule has 0 N–H and O–H groups in total. The number of methoxy groups -OCH3 is 1. The largest absolute Gasteiger partial charge is 0.466 e. The quantitative estimate of drug-likeness (QED) is 0.486. The van der Waals surface area contributed by atoms with Gasteiger partial charge >= 0.3 is 11.9 Å². The molecule has 2 rings (SSSR count). The van der Waals surface area contributed by atoms with Crippen molar-refractivity contribution in [1.29, 1.82) is 0 Å². The molecule has 0 spiro atoms. The SMILES string of the molecule is C=C(C(=O)OC)C(OC(C)=O)c1cc2cc(F)ccc2nc1Cl. The van der Waals surface area contributed by atoms with Crippen LogP contribution >= 0.6 is 11.6 Å². The predicted octanol–water partition coefficient (Wildman–Crippen LogP) is 3.36. The summed E-state index contributed by atoms with van der Waals surface area (Å²) in [5.74, 6) is -1.86. The number of esters is 2. The number of pyridine rings is 1. The predicted molar refractivity (Wildman–Crippen MR) is 82.4 cm³/mol. The third kappa shape index (κ3) is 3.65. The summed E-state index contributed by atoms with van der Waals surface area (Å²) < 4.78 is 23.1. The van der Waals surface area contributed by atoms with E-state index in [9.17, 15) is 14.0 Å². The molecular formula is C16H13ClFNO4. The smallest absolute Gasteiger partial charge is 0.337 e. The van der Waals surface area contributed by atoms with Crippen molar-refractivity contribution in [3.05, 3.63) is 53.0 Å². The first-order valence-electron chi connectivity index (χ1n) is 6.53. The van der Waals surface area contributed by atoms with Crippen molar-refractivity contribution in [2.24, 2.45) is 0 Å². The molecule has 0 bridgehead atoms. The van der Waals surface area contributed by atoms with E-state index < -0.39 is 23.9 Å². The maximum atomic E-state index is 13.4. The standard InChI is InChI=1S/C16H13ClFNO4/c1-8(16(21)22-3)14(23-9(2)20)12-7-10-6-11(18)4-5-13(10)19-15(12)17/h4-7,14H,1H2,2-3H3. The van der Waals surface area contributed by atoms with Crippen LogP contribution in [0.25, 0.3) is 10.9 Å². The lowest BCUT2D eigenvalue weighted by atomic mass is 10.0. The second-order valence-corrected chi connectivity index (χ2v) is 5.07. The van der Waals surface area contributed by atoms with Gasteiger partial charge in [-0.1, -0.05) is 18.2 Å². The van der Waals surface area contributed by atoms with Gasteiger partial charge in [-0.05, 0) is 24.3 Å². The zero-order valence-electron chi connectivity index (χ0n) is 12.4. The fourth-order valence-electron chi connectivity index (χ4n) is 2.05. The first kappa shape index (κ1) is 16.9. The van der Waals surface area contributed by atoms with Crippen LogP contribution in [-0.2, 0) is 19.1 Å². The van der Waals surface area contributed by atoms with Gasteiger partial charge in [0.25, 0.3) is 0 Å². The number of hydrogen-bond acceptors (Lipinski definition) is 5. The van der Waals surface area contributed by atoms with Gasteiger partial charge in [-0.2, -0.15) is 0 Å². The molecule has 7 heteroatoms. The summed E-state index contributed by atoms with van der Waals surface area (Å²) in [4.78, 5) is 27.2. The normalized spacial score (nSPS) is 11.8. The lowest BCUT2D eigenvalue weighted by Crippen LogP contribution is -2.18. The third-order valence-corrected chi connectivity index (χ3v) is 3.39. The topological polar surface area (TPSA) is 65.5 Å². The summed E-state index contributed by atoms with van der Waals surface area (Å²) in [6.45, 7) is 4.76. The average molecular weight is 338 g/mol. The zero-order chi connectivity index (χ0) is 17.1. The Bertz CT molecular complexity index is 806. The number of rotatable bonds is 4. The molecule has 23 heavy (non-hydrogen) atoms. The molecule has 0 amide bonds. The van der Waals surface area contributed by atoms with Crippen molar-refractivity contribution in [3.63, 3.8) is 0 Å². The van der Waals surface area contributed by atoms with Gasteiger partial charge in [0.2, 0.25) is 0 Å². The minimum atomic E-state index is -1.17. The van der Waals surface area contributed by atoms with Crippen LogP contribution in [0.15, 0.2) is 36.4 Å². The molecule has 1 atom stereocenters. The van der Waals surface area contributed by atoms with Crippen molar-refractivity contribution >= 4 is 34.4 Å². The van der Waals surface area contributed by atoms with Gasteiger partial charge < -0.3 is 9.47 Å². The van der Waals surface area contributed by atoms with E-state index >= 15 is 0 Å². The number of carbonyl (C=O) groups is 2. The van der Waals surface area contributed by atoms with Crippen LogP contribution in [0.5, 0.6) is 0 Å². The monoisotopic (exact) mass is 337 g/mol. The lowest BCUT2D eigenvalue weighted by molar-refractivity contribution is -0.147. The van der Waals surface area contributed by atoms with E-state index in [0.717, 1.165) is 0 Å². The first-order chi connectivity index (χ1) is 10.8. The summed E-state index contributed by atoms with van der Waals surface area (Å²) in [6, 6.07) is 5.47. The molecule has 1 aromatic carbocycles. The van der Waals surface area contributed by atoms with Crippen LogP contribution in [0.1, 0.15) is 18.6 Å². The molecule has 1 heterocycles. The van der Waals surface area contributed by atoms with Crippen LogP contribution in [-0.4, -0.2) is 24.0 Å². The number of carbonyl (C=O) groups excluding carboxylic acids is 2. The van der Waals surface area contributed by atoms with Gasteiger partial charge in [0.05, 0.1) is 18.2 Å². The fraction of sp³-hybridized carbons (Fsp3) is 0.188. The summed E-state index contributed by atoms with van der Waals surface area (Å²) in [6.07, 6.45) is -1.17. The van der Waals surface area contributed by atoms with Gasteiger partial charge in [-0.3, -0.25) is 4.79 Å². The number of benzene rings is 1. The van der Waals surface area contributed by atoms with Crippen molar-refractivity contribution in [2.45, 2.75) is 13.0 Å². The Hall–Kier alpha value is -2.47. The number of halogens is 2. The van der Waals surface area contributed by atoms with E-state index in [0.29, 0.717) is 10.9 Å². The van der Waals surface area contributed by atoms with Crippen molar-refractivity contribution in [1.82, 2.24) is 4.98 Å². The number of fused-ring (bicyclic) bond motifs is 1. The van der Waals surface area contributed by atoms with E-state index in [1.165, 1.54) is 38.3 Å². The van der Waals surface area contributed by atoms with Crippen LogP contribution in [0, 0.1) is 5.82 Å². The lowest BCUT2D eigenvalue weighted by Gasteiger charge is -2.19. The number of aromatic nitrogens is 1. The van der Waals surface area contributed by atoms with Crippen molar-refractivity contribution < 1.29 is 23.5 Å². The maximum absolute atomic E-state index is 13.4. The molecule has 2 aromatic rings. The highest BCUT2D eigenvalue weighted by Crippen LogP contribution is 2.33. The molecule has 0 radical (unpaired) electrons. The minimum absolute atomic E-state index is 0.0143. The molecule has 1 aromatic heterocycles. The number of hydrogen-bond donors (Lipinski definition) is 0. The van der Waals surface area contributed by atoms with Gasteiger partial charge in [0.15, 0.2) is 6.10 Å². The van der Waals surface area contributed by atoms with E-state index in [4.69, 9.17) is 16.3 Å². The second kappa shape index (κ2) is 6.75. The first-order valence-corrected chi connectivity index (χ1v) is 6.91. The Morgan fingerprint density at radius 2 is 2.04 bits per heavy atom. The van der Waals surface area contributed by atoms with Crippen LogP contribution < -0.4 is 0 Å². The van der Waals surface area contributed by atoms with Crippen LogP contribution in [0.4, 0.5) is 4.39 Å². The highest BCUT2D eigenvalue weighted by atomic mass is 35.5. The Morgan fingerprint density at radius 1 is 1.35 bits per heavy atom. The average Bonchev–Trinajstić information content (AvgIpc) is 2.51. The molecule has 0 aliphatic heterocycles. The maximum Gasteiger partial charge on any atom is 0.337 e. The summed E-state index contributed by atoms with van der Waals surface area (Å²) in [7, 11) is 1.17. The Labute approximate surface area is 136 Å². The van der Waals surface area contributed by atoms with E-state index in [1.807, 2.05) is 0 Å². The Kier molecular flexibility index (Phi) is 4.95. The molecular weight excluding hydrogens is 325 g/mol. The molecule has 120 valence electrons. The number of nitrogens with zero attached hydrogens (tertiary/aromatic N) is 1. The van der Waals surface area contributed by atoms with Crippen molar-refractivity contribution in [2.75, 3.05) is 7.11 Å².